The van der Waals surface area contributed by atoms with E-state index < -0.39 is 0 Å². The number of anilines is 2. The van der Waals surface area contributed by atoms with Gasteiger partial charge in [-0.15, -0.1) is 0 Å². The zero-order valence-corrected chi connectivity index (χ0v) is 10.3. The van der Waals surface area contributed by atoms with Crippen LogP contribution in [0.25, 0.3) is 0 Å². The first-order valence-corrected chi connectivity index (χ1v) is 6.29. The van der Waals surface area contributed by atoms with Crippen molar-refractivity contribution in [3.8, 4) is 5.75 Å². The fourth-order valence-electron chi connectivity index (χ4n) is 1.22. The Kier molecular flexibility index (Phi) is 4.98. The first-order valence-electron chi connectivity index (χ1n) is 4.89. The second-order valence-electron chi connectivity index (χ2n) is 3.25. The molecule has 0 aliphatic carbocycles. The predicted octanol–water partition coefficient (Wildman–Crippen LogP) is 1.97. The van der Waals surface area contributed by atoms with Crippen LogP contribution in [0, 0.1) is 0 Å². The van der Waals surface area contributed by atoms with E-state index in [2.05, 4.69) is 5.32 Å². The number of nitrogen functional groups attached to an aromatic ring is 1. The monoisotopic (exact) mass is 240 g/mol. The van der Waals surface area contributed by atoms with Gasteiger partial charge in [0, 0.05) is 23.9 Å². The molecule has 88 valence electrons. The number of nitrogens with one attached hydrogen (secondary N) is 1. The molecule has 0 fully saturated rings. The van der Waals surface area contributed by atoms with E-state index in [1.165, 1.54) is 0 Å². The molecule has 0 radical (unpaired) electrons. The Morgan fingerprint density at radius 1 is 1.56 bits per heavy atom. The summed E-state index contributed by atoms with van der Waals surface area (Å²) in [6, 6.07) is 5.15. The Morgan fingerprint density at radius 3 is 2.94 bits per heavy atom. The highest BCUT2D eigenvalue weighted by Gasteiger charge is 2.07. The first kappa shape index (κ1) is 12.7. The summed E-state index contributed by atoms with van der Waals surface area (Å²) in [5.74, 6) is 1.37. The van der Waals surface area contributed by atoms with Gasteiger partial charge in [0.05, 0.1) is 12.8 Å². The van der Waals surface area contributed by atoms with Crippen LogP contribution >= 0.6 is 11.8 Å². The summed E-state index contributed by atoms with van der Waals surface area (Å²) < 4.78 is 5.13. The lowest BCUT2D eigenvalue weighted by Crippen LogP contribution is -2.13. The molecule has 0 aliphatic heterocycles. The van der Waals surface area contributed by atoms with Crippen LogP contribution < -0.4 is 15.8 Å². The molecule has 1 aromatic rings. The number of benzene rings is 1. The van der Waals surface area contributed by atoms with Gasteiger partial charge >= 0.3 is 0 Å². The minimum absolute atomic E-state index is 0.0163. The minimum Gasteiger partial charge on any atom is -0.494 e. The van der Waals surface area contributed by atoms with Crippen LogP contribution in [-0.4, -0.2) is 25.0 Å². The standard InChI is InChI=1S/C11H16N2O2S/c1-15-10-7-8(12)3-4-9(10)13-11(14)5-6-16-2/h3-4,7H,5-6,12H2,1-2H3,(H,13,14). The Morgan fingerprint density at radius 2 is 2.31 bits per heavy atom. The number of nitrogens with two attached hydrogens (primary N) is 1. The number of amides is 1. The van der Waals surface area contributed by atoms with E-state index in [1.807, 2.05) is 6.26 Å². The molecule has 1 amide bonds. The van der Waals surface area contributed by atoms with Crippen molar-refractivity contribution in [3.05, 3.63) is 18.2 Å². The lowest BCUT2D eigenvalue weighted by Gasteiger charge is -2.10. The fourth-order valence-corrected chi connectivity index (χ4v) is 1.61. The van der Waals surface area contributed by atoms with E-state index in [1.54, 1.807) is 37.1 Å². The quantitative estimate of drug-likeness (QED) is 0.772. The summed E-state index contributed by atoms with van der Waals surface area (Å²) >= 11 is 1.64. The lowest BCUT2D eigenvalue weighted by molar-refractivity contribution is -0.115. The number of carbonyl (C=O) groups excluding carboxylic acids is 1. The SMILES string of the molecule is COc1cc(N)ccc1NC(=O)CCSC. The van der Waals surface area contributed by atoms with Crippen LogP contribution in [0.3, 0.4) is 0 Å². The molecule has 0 aliphatic rings. The molecule has 0 bridgehead atoms. The van der Waals surface area contributed by atoms with Gasteiger partial charge in [-0.2, -0.15) is 11.8 Å². The molecule has 0 unspecified atom stereocenters. The van der Waals surface area contributed by atoms with Gasteiger partial charge in [-0.3, -0.25) is 4.79 Å². The molecular weight excluding hydrogens is 224 g/mol. The Bertz CT molecular complexity index is 369. The van der Waals surface area contributed by atoms with E-state index in [4.69, 9.17) is 10.5 Å². The van der Waals surface area contributed by atoms with Crippen molar-refractivity contribution in [1.29, 1.82) is 0 Å². The molecular formula is C11H16N2O2S. The van der Waals surface area contributed by atoms with Gasteiger partial charge < -0.3 is 15.8 Å². The first-order chi connectivity index (χ1) is 7.67. The van der Waals surface area contributed by atoms with Crippen LogP contribution in [0.4, 0.5) is 11.4 Å². The van der Waals surface area contributed by atoms with Gasteiger partial charge in [0.2, 0.25) is 5.91 Å². The maximum absolute atomic E-state index is 11.5. The minimum atomic E-state index is -0.0163. The number of rotatable bonds is 5. The Balaban J connectivity index is 2.69. The zero-order chi connectivity index (χ0) is 12.0. The van der Waals surface area contributed by atoms with Gasteiger partial charge in [0.25, 0.3) is 0 Å². The normalized spacial score (nSPS) is 9.88. The molecule has 0 spiro atoms. The topological polar surface area (TPSA) is 64.3 Å². The number of carbonyl (C=O) groups is 1. The molecule has 0 saturated heterocycles. The van der Waals surface area contributed by atoms with E-state index in [9.17, 15) is 4.79 Å². The highest BCUT2D eigenvalue weighted by molar-refractivity contribution is 7.98. The average molecular weight is 240 g/mol. The summed E-state index contributed by atoms with van der Waals surface area (Å²) in [4.78, 5) is 11.5. The van der Waals surface area contributed by atoms with E-state index in [0.717, 1.165) is 5.75 Å². The maximum Gasteiger partial charge on any atom is 0.225 e. The molecule has 1 aromatic carbocycles. The van der Waals surface area contributed by atoms with Crippen LogP contribution in [0.15, 0.2) is 18.2 Å². The van der Waals surface area contributed by atoms with Crippen molar-refractivity contribution in [2.75, 3.05) is 30.2 Å². The van der Waals surface area contributed by atoms with Gasteiger partial charge in [-0.1, -0.05) is 0 Å². The molecule has 3 N–H and O–H groups in total. The third-order valence-corrected chi connectivity index (χ3v) is 2.65. The van der Waals surface area contributed by atoms with Crippen molar-refractivity contribution in [2.24, 2.45) is 0 Å². The van der Waals surface area contributed by atoms with Crippen molar-refractivity contribution in [2.45, 2.75) is 6.42 Å². The molecule has 1 rings (SSSR count). The van der Waals surface area contributed by atoms with Crippen molar-refractivity contribution >= 4 is 29.0 Å². The Hall–Kier alpha value is -1.36. The summed E-state index contributed by atoms with van der Waals surface area (Å²) in [7, 11) is 1.55. The van der Waals surface area contributed by atoms with Crippen LogP contribution in [0.2, 0.25) is 0 Å². The summed E-state index contributed by atoms with van der Waals surface area (Å²) in [5, 5.41) is 2.79. The van der Waals surface area contributed by atoms with Gasteiger partial charge in [0.15, 0.2) is 0 Å². The Labute approximate surface area is 99.5 Å². The molecule has 16 heavy (non-hydrogen) atoms. The largest absolute Gasteiger partial charge is 0.494 e. The molecule has 4 nitrogen and oxygen atoms in total. The number of thioether (sulfide) groups is 1. The molecule has 0 atom stereocenters. The molecule has 0 saturated carbocycles. The number of hydrogen-bond acceptors (Lipinski definition) is 4. The summed E-state index contributed by atoms with van der Waals surface area (Å²) in [6.07, 6.45) is 2.46. The summed E-state index contributed by atoms with van der Waals surface area (Å²) in [5.41, 5.74) is 6.88. The second kappa shape index (κ2) is 6.27. The zero-order valence-electron chi connectivity index (χ0n) is 9.45. The molecule has 0 heterocycles. The molecule has 0 aromatic heterocycles. The van der Waals surface area contributed by atoms with Crippen molar-refractivity contribution in [1.82, 2.24) is 0 Å². The van der Waals surface area contributed by atoms with Crippen molar-refractivity contribution in [3.63, 3.8) is 0 Å². The fraction of sp³-hybridized carbons (Fsp3) is 0.364. The highest BCUT2D eigenvalue weighted by atomic mass is 32.2. The smallest absolute Gasteiger partial charge is 0.225 e. The number of ether oxygens (including phenoxy) is 1. The van der Waals surface area contributed by atoms with Crippen LogP contribution in [-0.2, 0) is 4.79 Å². The van der Waals surface area contributed by atoms with Gasteiger partial charge in [0.1, 0.15) is 5.75 Å². The van der Waals surface area contributed by atoms with Crippen molar-refractivity contribution < 1.29 is 9.53 Å². The predicted molar refractivity (Wildman–Crippen MR) is 69.0 cm³/mol. The van der Waals surface area contributed by atoms with Gasteiger partial charge in [-0.25, -0.2) is 0 Å². The van der Waals surface area contributed by atoms with Crippen LogP contribution in [0.5, 0.6) is 5.75 Å². The van der Waals surface area contributed by atoms with E-state index in [0.29, 0.717) is 23.5 Å². The summed E-state index contributed by atoms with van der Waals surface area (Å²) in [6.45, 7) is 0. The number of methoxy groups -OCH3 is 1. The van der Waals surface area contributed by atoms with Gasteiger partial charge in [-0.05, 0) is 18.4 Å². The highest BCUT2D eigenvalue weighted by Crippen LogP contribution is 2.26. The van der Waals surface area contributed by atoms with E-state index >= 15 is 0 Å². The average Bonchev–Trinajstić information content (AvgIpc) is 2.28. The lowest BCUT2D eigenvalue weighted by atomic mass is 10.2. The second-order valence-corrected chi connectivity index (χ2v) is 4.24. The number of hydrogen-bond donors (Lipinski definition) is 2. The van der Waals surface area contributed by atoms with Crippen LogP contribution in [0.1, 0.15) is 6.42 Å². The third kappa shape index (κ3) is 3.66. The molecule has 5 heteroatoms. The van der Waals surface area contributed by atoms with E-state index in [-0.39, 0.29) is 5.91 Å². The third-order valence-electron chi connectivity index (χ3n) is 2.03. The maximum atomic E-state index is 11.5.